The molecule has 2 fully saturated rings. The maximum Gasteiger partial charge on any atom is 0.0397 e. The van der Waals surface area contributed by atoms with Crippen LogP contribution >= 0.6 is 0 Å². The van der Waals surface area contributed by atoms with Crippen molar-refractivity contribution in [1.82, 2.24) is 9.88 Å². The molecule has 2 atom stereocenters. The van der Waals surface area contributed by atoms with Crippen LogP contribution in [0.25, 0.3) is 5.57 Å². The van der Waals surface area contributed by atoms with Crippen LogP contribution in [0.1, 0.15) is 30.4 Å². The van der Waals surface area contributed by atoms with Gasteiger partial charge in [-0.25, -0.2) is 0 Å². The first kappa shape index (κ1) is 17.0. The number of fused-ring (bicyclic) bond motifs is 1. The molecule has 3 nitrogen and oxygen atoms in total. The number of benzene rings is 1. The van der Waals surface area contributed by atoms with E-state index in [0.717, 1.165) is 12.5 Å². The van der Waals surface area contributed by atoms with Crippen LogP contribution in [0.3, 0.4) is 0 Å². The van der Waals surface area contributed by atoms with Crippen LogP contribution in [-0.2, 0) is 6.42 Å². The second-order valence-corrected chi connectivity index (χ2v) is 8.37. The molecule has 2 saturated heterocycles. The highest BCUT2D eigenvalue weighted by Gasteiger charge is 2.38. The van der Waals surface area contributed by atoms with E-state index in [1.54, 1.807) is 5.57 Å². The molecule has 0 saturated carbocycles. The van der Waals surface area contributed by atoms with Crippen molar-refractivity contribution in [3.63, 3.8) is 0 Å². The number of rotatable bonds is 5. The highest BCUT2D eigenvalue weighted by Crippen LogP contribution is 2.44. The van der Waals surface area contributed by atoms with Gasteiger partial charge in [0.25, 0.3) is 0 Å². The average Bonchev–Trinajstić information content (AvgIpc) is 3.45. The molecule has 2 aliphatic heterocycles. The minimum atomic E-state index is 0.675. The second-order valence-electron chi connectivity index (χ2n) is 8.37. The number of allylic oxidation sites excluding steroid dienone is 1. The zero-order valence-corrected chi connectivity index (χ0v) is 16.1. The van der Waals surface area contributed by atoms with Crippen LogP contribution in [0, 0.1) is 11.8 Å². The third-order valence-electron chi connectivity index (χ3n) is 6.71. The summed E-state index contributed by atoms with van der Waals surface area (Å²) in [5.74, 6) is 1.44. The number of likely N-dealkylation sites (tertiary alicyclic amines) is 1. The molecule has 0 bridgehead atoms. The van der Waals surface area contributed by atoms with E-state index in [2.05, 4.69) is 57.3 Å². The van der Waals surface area contributed by atoms with Crippen molar-refractivity contribution in [2.24, 2.45) is 11.8 Å². The van der Waals surface area contributed by atoms with Gasteiger partial charge in [0.05, 0.1) is 0 Å². The van der Waals surface area contributed by atoms with Gasteiger partial charge in [-0.3, -0.25) is 4.98 Å². The lowest BCUT2D eigenvalue weighted by Crippen LogP contribution is -2.21. The summed E-state index contributed by atoms with van der Waals surface area (Å²) >= 11 is 0. The molecule has 0 radical (unpaired) electrons. The number of hydrogen-bond donors (Lipinski definition) is 0. The maximum absolute atomic E-state index is 4.16. The summed E-state index contributed by atoms with van der Waals surface area (Å²) in [6.07, 6.45) is 11.5. The zero-order chi connectivity index (χ0) is 18.1. The smallest absolute Gasteiger partial charge is 0.0397 e. The van der Waals surface area contributed by atoms with Gasteiger partial charge in [0, 0.05) is 43.6 Å². The largest absolute Gasteiger partial charge is 0.371 e. The summed E-state index contributed by atoms with van der Waals surface area (Å²) in [7, 11) is 0. The fourth-order valence-corrected chi connectivity index (χ4v) is 5.15. The van der Waals surface area contributed by atoms with E-state index in [4.69, 9.17) is 0 Å². The summed E-state index contributed by atoms with van der Waals surface area (Å²) < 4.78 is 0. The lowest BCUT2D eigenvalue weighted by molar-refractivity contribution is 0.343. The minimum Gasteiger partial charge on any atom is -0.371 e. The Morgan fingerprint density at radius 3 is 2.48 bits per heavy atom. The van der Waals surface area contributed by atoms with Crippen LogP contribution in [-0.4, -0.2) is 42.6 Å². The molecule has 3 heterocycles. The van der Waals surface area contributed by atoms with E-state index in [-0.39, 0.29) is 0 Å². The Labute approximate surface area is 162 Å². The van der Waals surface area contributed by atoms with E-state index in [1.165, 1.54) is 68.7 Å². The third-order valence-corrected chi connectivity index (χ3v) is 6.71. The molecular formula is C24H29N3. The van der Waals surface area contributed by atoms with Gasteiger partial charge >= 0.3 is 0 Å². The first-order valence-corrected chi connectivity index (χ1v) is 10.5. The van der Waals surface area contributed by atoms with Crippen LogP contribution in [0.15, 0.2) is 54.9 Å². The first-order valence-electron chi connectivity index (χ1n) is 10.5. The molecule has 0 spiro atoms. The van der Waals surface area contributed by atoms with Gasteiger partial charge < -0.3 is 9.80 Å². The fourth-order valence-electron chi connectivity index (χ4n) is 5.15. The Hall–Kier alpha value is -2.13. The number of nitrogens with zero attached hydrogens (tertiary/aromatic N) is 3. The van der Waals surface area contributed by atoms with Crippen molar-refractivity contribution in [3.05, 3.63) is 66.0 Å². The standard InChI is InChI=1S/C24H29N3/c1-2-15-26(14-1)16-11-19-3-5-20(6-4-19)23-8-7-21-17-27(18-24(21)23)22-9-12-25-13-10-22/h3-6,8-10,12-13,21,24H,1-2,7,11,14-18H2. The molecule has 1 aliphatic carbocycles. The molecule has 27 heavy (non-hydrogen) atoms. The van der Waals surface area contributed by atoms with E-state index in [9.17, 15) is 0 Å². The molecule has 5 rings (SSSR count). The Bertz CT molecular complexity index is 790. The topological polar surface area (TPSA) is 19.4 Å². The van der Waals surface area contributed by atoms with E-state index in [0.29, 0.717) is 5.92 Å². The number of hydrogen-bond acceptors (Lipinski definition) is 3. The summed E-state index contributed by atoms with van der Waals surface area (Å²) in [6, 6.07) is 13.7. The summed E-state index contributed by atoms with van der Waals surface area (Å²) in [6.45, 7) is 6.11. The summed E-state index contributed by atoms with van der Waals surface area (Å²) in [5.41, 5.74) is 5.80. The van der Waals surface area contributed by atoms with Gasteiger partial charge in [0.15, 0.2) is 0 Å². The van der Waals surface area contributed by atoms with Crippen LogP contribution < -0.4 is 4.90 Å². The Kier molecular flexibility index (Phi) is 4.71. The minimum absolute atomic E-state index is 0.675. The second kappa shape index (κ2) is 7.47. The van der Waals surface area contributed by atoms with Crippen LogP contribution in [0.4, 0.5) is 5.69 Å². The molecule has 0 amide bonds. The molecule has 0 N–H and O–H groups in total. The molecular weight excluding hydrogens is 330 g/mol. The molecule has 1 aromatic heterocycles. The molecule has 3 aliphatic rings. The Morgan fingerprint density at radius 1 is 0.926 bits per heavy atom. The quantitative estimate of drug-likeness (QED) is 0.795. The van der Waals surface area contributed by atoms with Gasteiger partial charge in [-0.2, -0.15) is 0 Å². The fraction of sp³-hybridized carbons (Fsp3) is 0.458. The van der Waals surface area contributed by atoms with E-state index < -0.39 is 0 Å². The number of pyridine rings is 1. The zero-order valence-electron chi connectivity index (χ0n) is 16.1. The lowest BCUT2D eigenvalue weighted by Gasteiger charge is -2.19. The maximum atomic E-state index is 4.16. The predicted octanol–water partition coefficient (Wildman–Crippen LogP) is 4.26. The van der Waals surface area contributed by atoms with Gasteiger partial charge in [0.1, 0.15) is 0 Å². The normalized spacial score (nSPS) is 25.0. The van der Waals surface area contributed by atoms with Gasteiger partial charge in [-0.1, -0.05) is 30.3 Å². The number of anilines is 1. The first-order chi connectivity index (χ1) is 13.4. The highest BCUT2D eigenvalue weighted by atomic mass is 15.2. The molecule has 2 unspecified atom stereocenters. The molecule has 2 aromatic rings. The predicted molar refractivity (Wildman–Crippen MR) is 112 cm³/mol. The van der Waals surface area contributed by atoms with Gasteiger partial charge in [-0.15, -0.1) is 0 Å². The monoisotopic (exact) mass is 359 g/mol. The van der Waals surface area contributed by atoms with E-state index >= 15 is 0 Å². The van der Waals surface area contributed by atoms with E-state index in [1.807, 2.05) is 12.4 Å². The van der Waals surface area contributed by atoms with Crippen molar-refractivity contribution in [3.8, 4) is 0 Å². The van der Waals surface area contributed by atoms with Crippen LogP contribution in [0.2, 0.25) is 0 Å². The number of aromatic nitrogens is 1. The third kappa shape index (κ3) is 3.53. The highest BCUT2D eigenvalue weighted by molar-refractivity contribution is 5.71. The molecule has 1 aromatic carbocycles. The summed E-state index contributed by atoms with van der Waals surface area (Å²) in [5, 5.41) is 0. The molecule has 3 heteroatoms. The summed E-state index contributed by atoms with van der Waals surface area (Å²) in [4.78, 5) is 9.30. The van der Waals surface area contributed by atoms with Crippen molar-refractivity contribution in [2.75, 3.05) is 37.6 Å². The van der Waals surface area contributed by atoms with Gasteiger partial charge in [-0.05, 0) is 73.5 Å². The lowest BCUT2D eigenvalue weighted by atomic mass is 9.90. The average molecular weight is 360 g/mol. The van der Waals surface area contributed by atoms with Crippen molar-refractivity contribution in [1.29, 1.82) is 0 Å². The molecule has 140 valence electrons. The van der Waals surface area contributed by atoms with Crippen molar-refractivity contribution >= 4 is 11.3 Å². The van der Waals surface area contributed by atoms with Gasteiger partial charge in [0.2, 0.25) is 0 Å². The van der Waals surface area contributed by atoms with Crippen molar-refractivity contribution < 1.29 is 0 Å². The Morgan fingerprint density at radius 2 is 1.70 bits per heavy atom. The van der Waals surface area contributed by atoms with Crippen molar-refractivity contribution in [2.45, 2.75) is 25.7 Å². The van der Waals surface area contributed by atoms with Crippen LogP contribution in [0.5, 0.6) is 0 Å². The Balaban J connectivity index is 1.24. The SMILES string of the molecule is C1=C(c2ccc(CCN3CCCC3)cc2)C2CN(c3ccncc3)CC2C1.